The number of benzene rings is 2. The molecule has 3 atom stereocenters. The highest BCUT2D eigenvalue weighted by Crippen LogP contribution is 2.31. The van der Waals surface area contributed by atoms with Gasteiger partial charge in [-0.25, -0.2) is 8.78 Å². The van der Waals surface area contributed by atoms with Crippen molar-refractivity contribution < 1.29 is 28.0 Å². The van der Waals surface area contributed by atoms with Crippen LogP contribution in [-0.2, 0) is 26.9 Å². The Morgan fingerprint density at radius 2 is 1.80 bits per heavy atom. The Kier molecular flexibility index (Phi) is 7.79. The molecule has 3 heterocycles. The first kappa shape index (κ1) is 28.3. The lowest BCUT2D eigenvalue weighted by Gasteiger charge is -2.38. The van der Waals surface area contributed by atoms with Crippen LogP contribution >= 0.6 is 0 Å². The van der Waals surface area contributed by atoms with Crippen molar-refractivity contribution in [2.24, 2.45) is 0 Å². The number of nitrogens with zero attached hydrogens (tertiary/aromatic N) is 2. The molecule has 9 nitrogen and oxygen atoms in total. The van der Waals surface area contributed by atoms with Crippen molar-refractivity contribution in [2.75, 3.05) is 13.1 Å². The summed E-state index contributed by atoms with van der Waals surface area (Å²) in [5, 5.41) is 6.09. The zero-order valence-corrected chi connectivity index (χ0v) is 23.0. The molecule has 3 N–H and O–H groups in total. The van der Waals surface area contributed by atoms with Crippen molar-refractivity contribution in [3.8, 4) is 0 Å². The third kappa shape index (κ3) is 6.08. The van der Waals surface area contributed by atoms with Gasteiger partial charge >= 0.3 is 0 Å². The van der Waals surface area contributed by atoms with Gasteiger partial charge in [-0.1, -0.05) is 36.4 Å². The van der Waals surface area contributed by atoms with Gasteiger partial charge in [-0.2, -0.15) is 0 Å². The van der Waals surface area contributed by atoms with E-state index in [0.29, 0.717) is 43.3 Å². The van der Waals surface area contributed by atoms with Crippen molar-refractivity contribution in [1.29, 1.82) is 0 Å². The number of rotatable bonds is 6. The second-order valence-electron chi connectivity index (χ2n) is 10.8. The molecule has 0 radical (unpaired) electrons. The maximum absolute atomic E-state index is 13.9. The number of halogens is 2. The Bertz CT molecular complexity index is 1470. The summed E-state index contributed by atoms with van der Waals surface area (Å²) in [6, 6.07) is 13.0. The third-order valence-corrected chi connectivity index (χ3v) is 7.93. The van der Waals surface area contributed by atoms with Gasteiger partial charge in [0, 0.05) is 56.0 Å². The Morgan fingerprint density at radius 3 is 2.51 bits per heavy atom. The lowest BCUT2D eigenvalue weighted by molar-refractivity contribution is -0.145. The Labute approximate surface area is 236 Å². The van der Waals surface area contributed by atoms with Crippen LogP contribution in [0, 0.1) is 0 Å². The molecule has 4 amide bonds. The standard InChI is InChI=1S/C30H33F2N5O4/c1-18(38)36-13-12-22-9-11-26(28(40)33-16-19-6-4-3-5-7-19)37(22)29(41)25(17-36)35-27(39)24-15-20-14-21(30(2,31)32)8-10-23(20)34-24/h3-8,10,14-15,22,25-26,34H,9,11-13,16-17H2,1-2H3,(H,33,40)(H,35,39)/t22-,25+,26+/m1/s1. The first-order chi connectivity index (χ1) is 19.5. The average Bonchev–Trinajstić information content (AvgIpc) is 3.56. The van der Waals surface area contributed by atoms with Crippen molar-refractivity contribution in [1.82, 2.24) is 25.4 Å². The van der Waals surface area contributed by atoms with Gasteiger partial charge < -0.3 is 25.4 Å². The monoisotopic (exact) mass is 565 g/mol. The van der Waals surface area contributed by atoms with Crippen LogP contribution in [0.25, 0.3) is 10.9 Å². The van der Waals surface area contributed by atoms with Gasteiger partial charge in [0.1, 0.15) is 17.8 Å². The zero-order chi connectivity index (χ0) is 29.3. The van der Waals surface area contributed by atoms with E-state index in [1.54, 1.807) is 4.90 Å². The molecule has 1 aromatic heterocycles. The van der Waals surface area contributed by atoms with Gasteiger partial charge in [-0.05, 0) is 43.0 Å². The topological polar surface area (TPSA) is 115 Å². The van der Waals surface area contributed by atoms with Gasteiger partial charge in [0.25, 0.3) is 11.8 Å². The minimum Gasteiger partial charge on any atom is -0.351 e. The first-order valence-electron chi connectivity index (χ1n) is 13.7. The number of hydrogen-bond donors (Lipinski definition) is 3. The number of hydrogen-bond acceptors (Lipinski definition) is 4. The second kappa shape index (κ2) is 11.3. The molecule has 0 saturated carbocycles. The number of nitrogens with one attached hydrogen (secondary N) is 3. The number of aromatic amines is 1. The minimum atomic E-state index is -3.04. The Morgan fingerprint density at radius 1 is 1.05 bits per heavy atom. The van der Waals surface area contributed by atoms with Gasteiger partial charge in [0.05, 0.1) is 0 Å². The Balaban J connectivity index is 1.36. The number of carbonyl (C=O) groups is 4. The highest BCUT2D eigenvalue weighted by molar-refractivity contribution is 6.01. The lowest BCUT2D eigenvalue weighted by Crippen LogP contribution is -2.61. The van der Waals surface area contributed by atoms with Crippen LogP contribution in [-0.4, -0.2) is 69.6 Å². The predicted octanol–water partition coefficient (Wildman–Crippen LogP) is 3.31. The molecule has 0 aliphatic carbocycles. The maximum Gasteiger partial charge on any atom is 0.270 e. The Hall–Kier alpha value is -4.28. The van der Waals surface area contributed by atoms with Crippen LogP contribution in [0.4, 0.5) is 8.78 Å². The predicted molar refractivity (Wildman–Crippen MR) is 148 cm³/mol. The molecule has 2 aliphatic rings. The molecule has 41 heavy (non-hydrogen) atoms. The smallest absolute Gasteiger partial charge is 0.270 e. The fourth-order valence-corrected chi connectivity index (χ4v) is 5.69. The summed E-state index contributed by atoms with van der Waals surface area (Å²) in [5.41, 5.74) is 1.34. The summed E-state index contributed by atoms with van der Waals surface area (Å²) >= 11 is 0. The van der Waals surface area contributed by atoms with Crippen molar-refractivity contribution >= 4 is 34.5 Å². The second-order valence-corrected chi connectivity index (χ2v) is 10.8. The van der Waals surface area contributed by atoms with Gasteiger partial charge in [-0.3, -0.25) is 19.2 Å². The first-order valence-corrected chi connectivity index (χ1v) is 13.7. The molecule has 0 bridgehead atoms. The summed E-state index contributed by atoms with van der Waals surface area (Å²) in [7, 11) is 0. The van der Waals surface area contributed by atoms with E-state index in [1.165, 1.54) is 36.1 Å². The van der Waals surface area contributed by atoms with Crippen molar-refractivity contribution in [3.05, 3.63) is 71.4 Å². The van der Waals surface area contributed by atoms with E-state index in [2.05, 4.69) is 15.6 Å². The fraction of sp³-hybridized carbons (Fsp3) is 0.400. The number of fused-ring (bicyclic) bond motifs is 2. The SMILES string of the molecule is CC(=O)N1CC[C@H]2CC[C@@H](C(=O)NCc3ccccc3)N2C(=O)[C@@H](NC(=O)c2cc3cc(C(C)(F)F)ccc3[nH]2)C1. The summed E-state index contributed by atoms with van der Waals surface area (Å²) < 4.78 is 27.6. The molecule has 2 aliphatic heterocycles. The van der Waals surface area contributed by atoms with Gasteiger partial charge in [-0.15, -0.1) is 0 Å². The molecule has 0 spiro atoms. The summed E-state index contributed by atoms with van der Waals surface area (Å²) in [6.07, 6.45) is 1.61. The minimum absolute atomic E-state index is 0.0477. The van der Waals surface area contributed by atoms with E-state index in [9.17, 15) is 28.0 Å². The maximum atomic E-state index is 13.9. The number of H-pyrrole nitrogens is 1. The van der Waals surface area contributed by atoms with Crippen LogP contribution in [0.15, 0.2) is 54.6 Å². The highest BCUT2D eigenvalue weighted by atomic mass is 19.3. The normalized spacial score (nSPS) is 21.3. The third-order valence-electron chi connectivity index (χ3n) is 7.93. The zero-order valence-electron chi connectivity index (χ0n) is 23.0. The number of amides is 4. The average molecular weight is 566 g/mol. The van der Waals surface area contributed by atoms with Crippen molar-refractivity contribution in [3.63, 3.8) is 0 Å². The van der Waals surface area contributed by atoms with E-state index < -0.39 is 29.8 Å². The summed E-state index contributed by atoms with van der Waals surface area (Å²) in [4.78, 5) is 58.8. The van der Waals surface area contributed by atoms with Crippen LogP contribution in [0.3, 0.4) is 0 Å². The van der Waals surface area contributed by atoms with Crippen LogP contribution in [0.2, 0.25) is 0 Å². The summed E-state index contributed by atoms with van der Waals surface area (Å²) in [5.74, 6) is -4.58. The highest BCUT2D eigenvalue weighted by Gasteiger charge is 2.45. The number of aromatic nitrogens is 1. The molecule has 216 valence electrons. The molecule has 3 aromatic rings. The van der Waals surface area contributed by atoms with E-state index >= 15 is 0 Å². The van der Waals surface area contributed by atoms with Crippen LogP contribution in [0.5, 0.6) is 0 Å². The molecular weight excluding hydrogens is 532 g/mol. The lowest BCUT2D eigenvalue weighted by atomic mass is 10.1. The van der Waals surface area contributed by atoms with Crippen molar-refractivity contribution in [2.45, 2.75) is 63.7 Å². The number of alkyl halides is 2. The van der Waals surface area contributed by atoms with E-state index in [0.717, 1.165) is 12.5 Å². The number of carbonyl (C=O) groups excluding carboxylic acids is 4. The molecule has 2 saturated heterocycles. The van der Waals surface area contributed by atoms with Crippen LogP contribution in [0.1, 0.15) is 54.7 Å². The molecular formula is C30H33F2N5O4. The molecule has 5 rings (SSSR count). The van der Waals surface area contributed by atoms with Crippen LogP contribution < -0.4 is 10.6 Å². The molecule has 2 fully saturated rings. The molecule has 11 heteroatoms. The largest absolute Gasteiger partial charge is 0.351 e. The van der Waals surface area contributed by atoms with Gasteiger partial charge in [0.2, 0.25) is 17.7 Å². The van der Waals surface area contributed by atoms with Gasteiger partial charge in [0.15, 0.2) is 0 Å². The summed E-state index contributed by atoms with van der Waals surface area (Å²) in [6.45, 7) is 2.88. The van der Waals surface area contributed by atoms with E-state index in [1.807, 2.05) is 30.3 Å². The molecule has 2 aromatic carbocycles. The van der Waals surface area contributed by atoms with E-state index in [4.69, 9.17) is 0 Å². The van der Waals surface area contributed by atoms with E-state index in [-0.39, 0.29) is 35.7 Å². The molecule has 0 unspecified atom stereocenters. The quantitative estimate of drug-likeness (QED) is 0.426. The fourth-order valence-electron chi connectivity index (χ4n) is 5.69.